The van der Waals surface area contributed by atoms with Gasteiger partial charge in [-0.1, -0.05) is 12.8 Å². The SMILES string of the molecule is CO[C@H]1CN(C2CCCC2)C[C@@]12CCCO2. The molecule has 3 fully saturated rings. The van der Waals surface area contributed by atoms with E-state index in [-0.39, 0.29) is 5.60 Å². The summed E-state index contributed by atoms with van der Waals surface area (Å²) < 4.78 is 11.7. The first-order chi connectivity index (χ1) is 7.84. The highest BCUT2D eigenvalue weighted by Crippen LogP contribution is 2.39. The van der Waals surface area contributed by atoms with Crippen molar-refractivity contribution in [1.82, 2.24) is 4.90 Å². The summed E-state index contributed by atoms with van der Waals surface area (Å²) in [4.78, 5) is 2.63. The van der Waals surface area contributed by atoms with Crippen molar-refractivity contribution < 1.29 is 9.47 Å². The van der Waals surface area contributed by atoms with Gasteiger partial charge in [0.25, 0.3) is 0 Å². The van der Waals surface area contributed by atoms with E-state index in [0.29, 0.717) is 6.10 Å². The maximum absolute atomic E-state index is 6.03. The second-order valence-corrected chi connectivity index (χ2v) is 5.61. The highest BCUT2D eigenvalue weighted by Gasteiger charge is 2.51. The second kappa shape index (κ2) is 4.28. The van der Waals surface area contributed by atoms with Crippen molar-refractivity contribution in [1.29, 1.82) is 0 Å². The Labute approximate surface area is 98.1 Å². The van der Waals surface area contributed by atoms with E-state index < -0.39 is 0 Å². The van der Waals surface area contributed by atoms with Crippen LogP contribution in [-0.2, 0) is 9.47 Å². The number of ether oxygens (including phenoxy) is 2. The summed E-state index contributed by atoms with van der Waals surface area (Å²) >= 11 is 0. The molecule has 0 aromatic carbocycles. The summed E-state index contributed by atoms with van der Waals surface area (Å²) in [6, 6.07) is 0.807. The van der Waals surface area contributed by atoms with Crippen LogP contribution in [0.15, 0.2) is 0 Å². The summed E-state index contributed by atoms with van der Waals surface area (Å²) in [5.74, 6) is 0. The van der Waals surface area contributed by atoms with Crippen molar-refractivity contribution in [3.05, 3.63) is 0 Å². The lowest BCUT2D eigenvalue weighted by Crippen LogP contribution is -2.42. The number of hydrogen-bond donors (Lipinski definition) is 0. The fourth-order valence-corrected chi connectivity index (χ4v) is 3.82. The molecule has 3 nitrogen and oxygen atoms in total. The maximum atomic E-state index is 6.03. The molecular formula is C13H23NO2. The minimum atomic E-state index is 0.0390. The zero-order valence-electron chi connectivity index (χ0n) is 10.3. The Kier molecular flexibility index (Phi) is 2.94. The first-order valence-electron chi connectivity index (χ1n) is 6.75. The topological polar surface area (TPSA) is 21.7 Å². The van der Waals surface area contributed by atoms with E-state index in [1.165, 1.54) is 38.5 Å². The highest BCUT2D eigenvalue weighted by atomic mass is 16.6. The third kappa shape index (κ3) is 1.69. The molecule has 3 aliphatic rings. The lowest BCUT2D eigenvalue weighted by molar-refractivity contribution is -0.0758. The molecule has 2 aliphatic heterocycles. The zero-order valence-corrected chi connectivity index (χ0v) is 10.3. The number of likely N-dealkylation sites (tertiary alicyclic amines) is 1. The van der Waals surface area contributed by atoms with Crippen molar-refractivity contribution in [3.8, 4) is 0 Å². The molecule has 2 atom stereocenters. The third-order valence-corrected chi connectivity index (χ3v) is 4.72. The molecule has 3 heteroatoms. The number of methoxy groups -OCH3 is 1. The van der Waals surface area contributed by atoms with Crippen LogP contribution >= 0.6 is 0 Å². The van der Waals surface area contributed by atoms with Gasteiger partial charge in [-0.2, -0.15) is 0 Å². The molecule has 2 saturated heterocycles. The molecule has 3 rings (SSSR count). The van der Waals surface area contributed by atoms with Crippen molar-refractivity contribution in [3.63, 3.8) is 0 Å². The number of rotatable bonds is 2. The Morgan fingerprint density at radius 3 is 2.69 bits per heavy atom. The van der Waals surface area contributed by atoms with Gasteiger partial charge in [0.15, 0.2) is 0 Å². The maximum Gasteiger partial charge on any atom is 0.108 e. The molecule has 0 radical (unpaired) electrons. The molecule has 1 aliphatic carbocycles. The first kappa shape index (κ1) is 11.0. The van der Waals surface area contributed by atoms with E-state index in [1.54, 1.807) is 0 Å². The quantitative estimate of drug-likeness (QED) is 0.715. The summed E-state index contributed by atoms with van der Waals surface area (Å²) in [6.45, 7) is 3.12. The van der Waals surface area contributed by atoms with Crippen LogP contribution in [0.1, 0.15) is 38.5 Å². The molecule has 1 saturated carbocycles. The largest absolute Gasteiger partial charge is 0.377 e. The number of nitrogens with zero attached hydrogens (tertiary/aromatic N) is 1. The Hall–Kier alpha value is -0.120. The van der Waals surface area contributed by atoms with Crippen LogP contribution < -0.4 is 0 Å². The molecule has 0 aromatic rings. The normalized spacial score (nSPS) is 41.4. The van der Waals surface area contributed by atoms with Gasteiger partial charge in [-0.25, -0.2) is 0 Å². The standard InChI is InChI=1S/C13H23NO2/c1-15-12-9-14(11-5-2-3-6-11)10-13(12)7-4-8-16-13/h11-12H,2-10H2,1H3/t12-,13-/m0/s1. The fourth-order valence-electron chi connectivity index (χ4n) is 3.82. The van der Waals surface area contributed by atoms with Crippen LogP contribution in [-0.4, -0.2) is 49.5 Å². The molecular weight excluding hydrogens is 202 g/mol. The number of hydrogen-bond acceptors (Lipinski definition) is 3. The summed E-state index contributed by atoms with van der Waals surface area (Å²) in [7, 11) is 1.84. The van der Waals surface area contributed by atoms with Crippen molar-refractivity contribution in [2.75, 3.05) is 26.8 Å². The highest BCUT2D eigenvalue weighted by molar-refractivity contribution is 5.04. The van der Waals surface area contributed by atoms with Gasteiger partial charge in [-0.15, -0.1) is 0 Å². The van der Waals surface area contributed by atoms with Crippen LogP contribution in [0.25, 0.3) is 0 Å². The Morgan fingerprint density at radius 2 is 2.06 bits per heavy atom. The average Bonchev–Trinajstić information content (AvgIpc) is 3.00. The smallest absolute Gasteiger partial charge is 0.108 e. The lowest BCUT2D eigenvalue weighted by Gasteiger charge is -2.28. The van der Waals surface area contributed by atoms with Gasteiger partial charge in [-0.05, 0) is 25.7 Å². The van der Waals surface area contributed by atoms with E-state index in [2.05, 4.69) is 4.90 Å². The van der Waals surface area contributed by atoms with Crippen molar-refractivity contribution in [2.24, 2.45) is 0 Å². The van der Waals surface area contributed by atoms with Crippen molar-refractivity contribution >= 4 is 0 Å². The molecule has 92 valence electrons. The van der Waals surface area contributed by atoms with Crippen LogP contribution in [0.2, 0.25) is 0 Å². The molecule has 0 bridgehead atoms. The minimum Gasteiger partial charge on any atom is -0.377 e. The van der Waals surface area contributed by atoms with Crippen LogP contribution in [0, 0.1) is 0 Å². The zero-order chi connectivity index (χ0) is 11.0. The van der Waals surface area contributed by atoms with E-state index in [1.807, 2.05) is 7.11 Å². The van der Waals surface area contributed by atoms with Gasteiger partial charge < -0.3 is 9.47 Å². The molecule has 16 heavy (non-hydrogen) atoms. The van der Waals surface area contributed by atoms with Gasteiger partial charge in [0.2, 0.25) is 0 Å². The van der Waals surface area contributed by atoms with E-state index in [4.69, 9.17) is 9.47 Å². The summed E-state index contributed by atoms with van der Waals surface area (Å²) in [6.07, 6.45) is 8.28. The van der Waals surface area contributed by atoms with Gasteiger partial charge in [0, 0.05) is 32.8 Å². The lowest BCUT2D eigenvalue weighted by atomic mass is 9.96. The average molecular weight is 225 g/mol. The van der Waals surface area contributed by atoms with Gasteiger partial charge in [0.1, 0.15) is 5.60 Å². The Bertz CT molecular complexity index is 244. The van der Waals surface area contributed by atoms with Crippen molar-refractivity contribution in [2.45, 2.75) is 56.3 Å². The van der Waals surface area contributed by atoms with Crippen LogP contribution in [0.4, 0.5) is 0 Å². The van der Waals surface area contributed by atoms with Gasteiger partial charge >= 0.3 is 0 Å². The Morgan fingerprint density at radius 1 is 1.25 bits per heavy atom. The van der Waals surface area contributed by atoms with E-state index in [9.17, 15) is 0 Å². The molecule has 0 aromatic heterocycles. The summed E-state index contributed by atoms with van der Waals surface area (Å²) in [5, 5.41) is 0. The van der Waals surface area contributed by atoms with Crippen LogP contribution in [0.5, 0.6) is 0 Å². The minimum absolute atomic E-state index is 0.0390. The fraction of sp³-hybridized carbons (Fsp3) is 1.00. The van der Waals surface area contributed by atoms with E-state index >= 15 is 0 Å². The Balaban J connectivity index is 1.71. The summed E-state index contributed by atoms with van der Waals surface area (Å²) in [5.41, 5.74) is 0.0390. The predicted molar refractivity (Wildman–Crippen MR) is 62.5 cm³/mol. The van der Waals surface area contributed by atoms with E-state index in [0.717, 1.165) is 25.7 Å². The molecule has 2 heterocycles. The second-order valence-electron chi connectivity index (χ2n) is 5.61. The molecule has 0 unspecified atom stereocenters. The first-order valence-corrected chi connectivity index (χ1v) is 6.75. The molecule has 0 amide bonds. The molecule has 0 N–H and O–H groups in total. The molecule has 1 spiro atoms. The third-order valence-electron chi connectivity index (χ3n) is 4.72. The van der Waals surface area contributed by atoms with Gasteiger partial charge in [0.05, 0.1) is 6.10 Å². The predicted octanol–water partition coefficient (Wildman–Crippen LogP) is 1.81. The van der Waals surface area contributed by atoms with Crippen LogP contribution in [0.3, 0.4) is 0 Å². The monoisotopic (exact) mass is 225 g/mol. The van der Waals surface area contributed by atoms with Gasteiger partial charge in [-0.3, -0.25) is 4.90 Å².